The van der Waals surface area contributed by atoms with E-state index in [1.807, 2.05) is 12.1 Å². The van der Waals surface area contributed by atoms with E-state index >= 15 is 0 Å². The number of likely N-dealkylation sites (N-methyl/N-ethyl adjacent to an activating group) is 1. The highest BCUT2D eigenvalue weighted by atomic mass is 16.2. The second kappa shape index (κ2) is 9.51. The van der Waals surface area contributed by atoms with Crippen LogP contribution in [0.15, 0.2) is 36.2 Å². The van der Waals surface area contributed by atoms with Gasteiger partial charge in [-0.3, -0.25) is 14.6 Å². The molecule has 5 heteroatoms. The summed E-state index contributed by atoms with van der Waals surface area (Å²) in [6.45, 7) is 4.58. The fourth-order valence-electron chi connectivity index (χ4n) is 3.21. The Morgan fingerprint density at radius 3 is 2.58 bits per heavy atom. The smallest absolute Gasteiger partial charge is 0.237 e. The van der Waals surface area contributed by atoms with Crippen LogP contribution >= 0.6 is 0 Å². The average molecular weight is 357 g/mol. The number of aromatic nitrogens is 1. The van der Waals surface area contributed by atoms with Crippen LogP contribution in [0, 0.1) is 5.41 Å². The molecule has 0 spiro atoms. The summed E-state index contributed by atoms with van der Waals surface area (Å²) in [5.74, 6) is -0.351. The van der Waals surface area contributed by atoms with Crippen LogP contribution in [0.3, 0.4) is 0 Å². The Kier molecular flexibility index (Phi) is 7.37. The van der Waals surface area contributed by atoms with Crippen molar-refractivity contribution in [2.45, 2.75) is 52.4 Å². The van der Waals surface area contributed by atoms with E-state index in [1.165, 1.54) is 18.4 Å². The molecule has 0 fully saturated rings. The van der Waals surface area contributed by atoms with Crippen molar-refractivity contribution in [3.05, 3.63) is 41.7 Å². The molecule has 5 nitrogen and oxygen atoms in total. The number of carbonyl (C=O) groups is 2. The first-order valence-corrected chi connectivity index (χ1v) is 9.52. The van der Waals surface area contributed by atoms with Gasteiger partial charge in [0.25, 0.3) is 0 Å². The van der Waals surface area contributed by atoms with Crippen molar-refractivity contribution in [3.63, 3.8) is 0 Å². The van der Waals surface area contributed by atoms with Crippen molar-refractivity contribution < 1.29 is 9.59 Å². The summed E-state index contributed by atoms with van der Waals surface area (Å²) in [7, 11) is 1.76. The number of nitrogens with zero attached hydrogens (tertiary/aromatic N) is 2. The number of amides is 2. The second-order valence-electron chi connectivity index (χ2n) is 7.57. The molecule has 2 rings (SSSR count). The van der Waals surface area contributed by atoms with Gasteiger partial charge >= 0.3 is 0 Å². The van der Waals surface area contributed by atoms with E-state index in [9.17, 15) is 9.59 Å². The molecule has 26 heavy (non-hydrogen) atoms. The van der Waals surface area contributed by atoms with Gasteiger partial charge in [0.05, 0.1) is 0 Å². The molecule has 1 N–H and O–H groups in total. The Bertz CT molecular complexity index is 638. The Balaban J connectivity index is 1.80. The van der Waals surface area contributed by atoms with Gasteiger partial charge in [-0.25, -0.2) is 0 Å². The van der Waals surface area contributed by atoms with Crippen LogP contribution in [0.5, 0.6) is 0 Å². The van der Waals surface area contributed by atoms with Crippen LogP contribution in [0.4, 0.5) is 0 Å². The van der Waals surface area contributed by atoms with Gasteiger partial charge in [0.15, 0.2) is 0 Å². The maximum Gasteiger partial charge on any atom is 0.237 e. The molecule has 2 amide bonds. The summed E-state index contributed by atoms with van der Waals surface area (Å²) in [6, 6.07) is 3.88. The van der Waals surface area contributed by atoms with Crippen molar-refractivity contribution in [3.8, 4) is 0 Å². The van der Waals surface area contributed by atoms with Crippen LogP contribution in [0.1, 0.15) is 51.5 Å². The first kappa shape index (κ1) is 20.1. The summed E-state index contributed by atoms with van der Waals surface area (Å²) in [6.07, 6.45) is 12.2. The molecule has 1 aliphatic rings. The van der Waals surface area contributed by atoms with Gasteiger partial charge in [-0.2, -0.15) is 0 Å². The SMILES string of the molecule is CN(CCc1ccncc1)C(=O)C(C)(C)C(=O)NCCC1=CCCCC1. The zero-order valence-corrected chi connectivity index (χ0v) is 16.3. The van der Waals surface area contributed by atoms with Gasteiger partial charge in [0.1, 0.15) is 5.41 Å². The molecule has 0 bridgehead atoms. The van der Waals surface area contributed by atoms with E-state index in [0.717, 1.165) is 31.2 Å². The number of hydrogen-bond acceptors (Lipinski definition) is 3. The maximum absolute atomic E-state index is 12.7. The number of rotatable bonds is 8. The quantitative estimate of drug-likeness (QED) is 0.574. The molecule has 0 unspecified atom stereocenters. The van der Waals surface area contributed by atoms with Gasteiger partial charge in [-0.05, 0) is 70.1 Å². The fraction of sp³-hybridized carbons (Fsp3) is 0.571. The lowest BCUT2D eigenvalue weighted by Gasteiger charge is -2.28. The third kappa shape index (κ3) is 5.68. The molecule has 0 atom stereocenters. The van der Waals surface area contributed by atoms with Gasteiger partial charge in [-0.1, -0.05) is 11.6 Å². The largest absolute Gasteiger partial charge is 0.355 e. The van der Waals surface area contributed by atoms with Crippen LogP contribution in [0.2, 0.25) is 0 Å². The molecular weight excluding hydrogens is 326 g/mol. The molecule has 0 aromatic carbocycles. The zero-order chi connectivity index (χ0) is 19.0. The Labute approximate surface area is 156 Å². The monoisotopic (exact) mass is 357 g/mol. The summed E-state index contributed by atoms with van der Waals surface area (Å²) in [5, 5.41) is 2.94. The molecule has 0 saturated heterocycles. The summed E-state index contributed by atoms with van der Waals surface area (Å²) < 4.78 is 0. The summed E-state index contributed by atoms with van der Waals surface area (Å²) in [4.78, 5) is 30.9. The zero-order valence-electron chi connectivity index (χ0n) is 16.3. The maximum atomic E-state index is 12.7. The predicted octanol–water partition coefficient (Wildman–Crippen LogP) is 3.12. The molecule has 1 aromatic heterocycles. The molecule has 142 valence electrons. The highest BCUT2D eigenvalue weighted by molar-refractivity contribution is 6.04. The van der Waals surface area contributed by atoms with E-state index < -0.39 is 5.41 Å². The van der Waals surface area contributed by atoms with E-state index in [1.54, 1.807) is 38.2 Å². The fourth-order valence-corrected chi connectivity index (χ4v) is 3.21. The van der Waals surface area contributed by atoms with Crippen LogP contribution in [-0.4, -0.2) is 41.8 Å². The molecule has 0 saturated carbocycles. The third-order valence-corrected chi connectivity index (χ3v) is 5.05. The Hall–Kier alpha value is -2.17. The minimum Gasteiger partial charge on any atom is -0.355 e. The number of nitrogens with one attached hydrogen (secondary N) is 1. The Morgan fingerprint density at radius 1 is 1.19 bits per heavy atom. The van der Waals surface area contributed by atoms with Crippen molar-refractivity contribution >= 4 is 11.8 Å². The highest BCUT2D eigenvalue weighted by Gasteiger charge is 2.37. The van der Waals surface area contributed by atoms with Gasteiger partial charge in [-0.15, -0.1) is 0 Å². The number of pyridine rings is 1. The normalized spacial score (nSPS) is 14.5. The third-order valence-electron chi connectivity index (χ3n) is 5.05. The van der Waals surface area contributed by atoms with E-state index in [-0.39, 0.29) is 11.8 Å². The van der Waals surface area contributed by atoms with Crippen LogP contribution < -0.4 is 5.32 Å². The number of carbonyl (C=O) groups excluding carboxylic acids is 2. The molecule has 0 aliphatic heterocycles. The molecule has 1 heterocycles. The first-order valence-electron chi connectivity index (χ1n) is 9.52. The van der Waals surface area contributed by atoms with Gasteiger partial charge in [0, 0.05) is 32.5 Å². The van der Waals surface area contributed by atoms with Crippen molar-refractivity contribution in [2.24, 2.45) is 5.41 Å². The van der Waals surface area contributed by atoms with E-state index in [2.05, 4.69) is 16.4 Å². The summed E-state index contributed by atoms with van der Waals surface area (Å²) >= 11 is 0. The molecule has 1 aromatic rings. The average Bonchev–Trinajstić information content (AvgIpc) is 2.67. The first-order chi connectivity index (χ1) is 12.4. The standard InChI is InChI=1S/C21H31N3O2/c1-21(2,19(25)23-15-11-17-7-5-4-6-8-17)20(26)24(3)16-12-18-9-13-22-14-10-18/h7,9-10,13-14H,4-6,8,11-12,15-16H2,1-3H3,(H,23,25). The van der Waals surface area contributed by atoms with Crippen molar-refractivity contribution in [1.29, 1.82) is 0 Å². The van der Waals surface area contributed by atoms with Crippen molar-refractivity contribution in [2.75, 3.05) is 20.1 Å². The van der Waals surface area contributed by atoms with Crippen LogP contribution in [0.25, 0.3) is 0 Å². The minimum atomic E-state index is -1.06. The number of allylic oxidation sites excluding steroid dienone is 1. The molecule has 0 radical (unpaired) electrons. The second-order valence-corrected chi connectivity index (χ2v) is 7.57. The minimum absolute atomic E-state index is 0.152. The van der Waals surface area contributed by atoms with E-state index in [4.69, 9.17) is 0 Å². The Morgan fingerprint density at radius 2 is 1.92 bits per heavy atom. The lowest BCUT2D eigenvalue weighted by atomic mass is 9.90. The summed E-state index contributed by atoms with van der Waals surface area (Å²) in [5.41, 5.74) is 1.49. The van der Waals surface area contributed by atoms with Crippen molar-refractivity contribution in [1.82, 2.24) is 15.2 Å². The lowest BCUT2D eigenvalue weighted by molar-refractivity contribution is -0.147. The molecule has 1 aliphatic carbocycles. The van der Waals surface area contributed by atoms with Gasteiger partial charge in [0.2, 0.25) is 11.8 Å². The van der Waals surface area contributed by atoms with Crippen LogP contribution in [-0.2, 0) is 16.0 Å². The number of hydrogen-bond donors (Lipinski definition) is 1. The molecular formula is C21H31N3O2. The van der Waals surface area contributed by atoms with E-state index in [0.29, 0.717) is 13.1 Å². The highest BCUT2D eigenvalue weighted by Crippen LogP contribution is 2.21. The van der Waals surface area contributed by atoms with Gasteiger partial charge < -0.3 is 10.2 Å². The predicted molar refractivity (Wildman–Crippen MR) is 104 cm³/mol. The topological polar surface area (TPSA) is 62.3 Å². The lowest BCUT2D eigenvalue weighted by Crippen LogP contribution is -2.49.